The van der Waals surface area contributed by atoms with Gasteiger partial charge in [0, 0.05) is 6.04 Å². The van der Waals surface area contributed by atoms with Crippen molar-refractivity contribution in [2.75, 3.05) is 0 Å². The molecule has 1 atom stereocenters. The van der Waals surface area contributed by atoms with E-state index in [0.29, 0.717) is 4.90 Å². The molecule has 0 saturated heterocycles. The fraction of sp³-hybridized carbons (Fsp3) is 0.556. The van der Waals surface area contributed by atoms with Gasteiger partial charge in [-0.2, -0.15) is 0 Å². The van der Waals surface area contributed by atoms with Gasteiger partial charge in [-0.15, -0.1) is 6.58 Å². The average molecular weight is 321 g/mol. The van der Waals surface area contributed by atoms with Gasteiger partial charge in [0.15, 0.2) is 0 Å². The molecule has 0 amide bonds. The minimum Gasteiger partial charge on any atom is -0.208 e. The van der Waals surface area contributed by atoms with Crippen LogP contribution in [0, 0.1) is 12.3 Å². The van der Waals surface area contributed by atoms with Crippen LogP contribution in [0.3, 0.4) is 0 Å². The van der Waals surface area contributed by atoms with E-state index in [2.05, 4.69) is 11.3 Å². The number of hydrogen-bond donors (Lipinski definition) is 1. The van der Waals surface area contributed by atoms with Crippen molar-refractivity contribution in [2.24, 2.45) is 5.41 Å². The molecule has 1 aromatic rings. The highest BCUT2D eigenvalue weighted by atomic mass is 32.2. The Labute approximate surface area is 134 Å². The van der Waals surface area contributed by atoms with Gasteiger partial charge < -0.3 is 0 Å². The smallest absolute Gasteiger partial charge is 0.208 e. The van der Waals surface area contributed by atoms with Crippen molar-refractivity contribution in [3.8, 4) is 0 Å². The molecule has 2 rings (SSSR count). The van der Waals surface area contributed by atoms with Crippen LogP contribution >= 0.6 is 0 Å². The summed E-state index contributed by atoms with van der Waals surface area (Å²) in [6.45, 7) is 7.82. The van der Waals surface area contributed by atoms with Gasteiger partial charge >= 0.3 is 0 Å². The third-order valence-corrected chi connectivity index (χ3v) is 6.54. The highest BCUT2D eigenvalue weighted by Crippen LogP contribution is 2.42. The van der Waals surface area contributed by atoms with Crippen LogP contribution in [0.4, 0.5) is 0 Å². The van der Waals surface area contributed by atoms with Crippen molar-refractivity contribution in [3.05, 3.63) is 42.5 Å². The first-order chi connectivity index (χ1) is 10.4. The molecule has 0 spiro atoms. The lowest BCUT2D eigenvalue weighted by Gasteiger charge is -2.42. The number of aryl methyl sites for hydroxylation is 1. The monoisotopic (exact) mass is 321 g/mol. The van der Waals surface area contributed by atoms with Crippen molar-refractivity contribution < 1.29 is 8.42 Å². The largest absolute Gasteiger partial charge is 0.240 e. The predicted octanol–water partition coefficient (Wildman–Crippen LogP) is 4.19. The van der Waals surface area contributed by atoms with E-state index in [0.717, 1.165) is 24.8 Å². The van der Waals surface area contributed by atoms with Gasteiger partial charge in [-0.05, 0) is 50.7 Å². The molecule has 0 aromatic heterocycles. The number of allylic oxidation sites excluding steroid dienone is 1. The summed E-state index contributed by atoms with van der Waals surface area (Å²) < 4.78 is 28.1. The van der Waals surface area contributed by atoms with E-state index in [4.69, 9.17) is 0 Å². The highest BCUT2D eigenvalue weighted by molar-refractivity contribution is 7.89. The summed E-state index contributed by atoms with van der Waals surface area (Å²) in [6.07, 6.45) is 8.52. The Hall–Kier alpha value is -1.13. The van der Waals surface area contributed by atoms with Gasteiger partial charge in [0.05, 0.1) is 4.90 Å². The average Bonchev–Trinajstić information content (AvgIpc) is 2.48. The molecule has 1 N–H and O–H groups in total. The van der Waals surface area contributed by atoms with Crippen LogP contribution in [-0.4, -0.2) is 14.5 Å². The van der Waals surface area contributed by atoms with Gasteiger partial charge in [0.1, 0.15) is 0 Å². The Morgan fingerprint density at radius 2 is 1.82 bits per heavy atom. The predicted molar refractivity (Wildman–Crippen MR) is 91.3 cm³/mol. The molecule has 3 nitrogen and oxygen atoms in total. The van der Waals surface area contributed by atoms with Gasteiger partial charge in [-0.3, -0.25) is 0 Å². The molecule has 0 aliphatic heterocycles. The van der Waals surface area contributed by atoms with E-state index in [-0.39, 0.29) is 11.5 Å². The number of benzene rings is 1. The van der Waals surface area contributed by atoms with Crippen molar-refractivity contribution in [1.82, 2.24) is 4.72 Å². The third kappa shape index (κ3) is 3.79. The molecule has 1 aliphatic carbocycles. The van der Waals surface area contributed by atoms with E-state index in [1.807, 2.05) is 32.1 Å². The normalized spacial score (nSPS) is 19.5. The molecule has 0 radical (unpaired) electrons. The fourth-order valence-electron chi connectivity index (χ4n) is 3.50. The first kappa shape index (κ1) is 17.2. The third-order valence-electron chi connectivity index (χ3n) is 4.98. The van der Waals surface area contributed by atoms with Crippen LogP contribution < -0.4 is 4.72 Å². The van der Waals surface area contributed by atoms with Crippen molar-refractivity contribution in [2.45, 2.75) is 63.3 Å². The van der Waals surface area contributed by atoms with Crippen molar-refractivity contribution in [1.29, 1.82) is 0 Å². The van der Waals surface area contributed by atoms with Crippen LogP contribution in [0.2, 0.25) is 0 Å². The molecule has 1 unspecified atom stereocenters. The standard InChI is InChI=1S/C18H27NO2S/c1-4-12-18(13-6-5-7-14-18)16(3)19-22(20,21)17-10-8-15(2)9-11-17/h4,8-11,16,19H,1,5-7,12-14H2,2-3H3. The van der Waals surface area contributed by atoms with Gasteiger partial charge in [0.2, 0.25) is 10.0 Å². The molecular weight excluding hydrogens is 294 g/mol. The first-order valence-corrected chi connectivity index (χ1v) is 9.58. The number of sulfonamides is 1. The van der Waals surface area contributed by atoms with Crippen LogP contribution in [0.25, 0.3) is 0 Å². The minimum atomic E-state index is -3.47. The van der Waals surface area contributed by atoms with Gasteiger partial charge in [-0.1, -0.05) is 43.0 Å². The summed E-state index contributed by atoms with van der Waals surface area (Å²) in [4.78, 5) is 0.342. The SMILES string of the molecule is C=CCC1(C(C)NS(=O)(=O)c2ccc(C)cc2)CCCCC1. The second kappa shape index (κ2) is 6.97. The number of rotatable bonds is 6. The van der Waals surface area contributed by atoms with Crippen LogP contribution in [0.1, 0.15) is 51.0 Å². The Kier molecular flexibility index (Phi) is 5.45. The maximum absolute atomic E-state index is 12.6. The topological polar surface area (TPSA) is 46.2 Å². The molecule has 0 heterocycles. The molecule has 0 bridgehead atoms. The summed E-state index contributed by atoms with van der Waals surface area (Å²) in [5, 5.41) is 0. The zero-order valence-electron chi connectivity index (χ0n) is 13.6. The van der Waals surface area contributed by atoms with E-state index in [9.17, 15) is 8.42 Å². The molecule has 22 heavy (non-hydrogen) atoms. The second-order valence-electron chi connectivity index (χ2n) is 6.57. The van der Waals surface area contributed by atoms with Gasteiger partial charge in [-0.25, -0.2) is 13.1 Å². The highest BCUT2D eigenvalue weighted by Gasteiger charge is 2.38. The van der Waals surface area contributed by atoms with Crippen molar-refractivity contribution in [3.63, 3.8) is 0 Å². The zero-order chi connectivity index (χ0) is 16.2. The van der Waals surface area contributed by atoms with E-state index < -0.39 is 10.0 Å². The fourth-order valence-corrected chi connectivity index (χ4v) is 4.85. The molecular formula is C18H27NO2S. The second-order valence-corrected chi connectivity index (χ2v) is 8.29. The summed E-state index contributed by atoms with van der Waals surface area (Å²) in [5.74, 6) is 0. The Bertz CT molecular complexity index is 598. The zero-order valence-corrected chi connectivity index (χ0v) is 14.5. The lowest BCUT2D eigenvalue weighted by molar-refractivity contribution is 0.147. The van der Waals surface area contributed by atoms with E-state index in [1.54, 1.807) is 12.1 Å². The molecule has 122 valence electrons. The van der Waals surface area contributed by atoms with Crippen LogP contribution in [-0.2, 0) is 10.0 Å². The Balaban J connectivity index is 2.19. The van der Waals surface area contributed by atoms with Crippen LogP contribution in [0.5, 0.6) is 0 Å². The molecule has 1 aromatic carbocycles. The lowest BCUT2D eigenvalue weighted by atomic mass is 9.68. The lowest BCUT2D eigenvalue weighted by Crippen LogP contribution is -2.46. The Morgan fingerprint density at radius 1 is 1.23 bits per heavy atom. The van der Waals surface area contributed by atoms with Gasteiger partial charge in [0.25, 0.3) is 0 Å². The van der Waals surface area contributed by atoms with E-state index in [1.165, 1.54) is 19.3 Å². The Morgan fingerprint density at radius 3 is 2.36 bits per heavy atom. The van der Waals surface area contributed by atoms with E-state index >= 15 is 0 Å². The molecule has 1 aliphatic rings. The quantitative estimate of drug-likeness (QED) is 0.799. The minimum absolute atomic E-state index is 0.0117. The van der Waals surface area contributed by atoms with Crippen molar-refractivity contribution >= 4 is 10.0 Å². The molecule has 4 heteroatoms. The summed E-state index contributed by atoms with van der Waals surface area (Å²) >= 11 is 0. The van der Waals surface area contributed by atoms with Crippen LogP contribution in [0.15, 0.2) is 41.8 Å². The molecule has 1 saturated carbocycles. The molecule has 1 fully saturated rings. The summed E-state index contributed by atoms with van der Waals surface area (Å²) in [7, 11) is -3.47. The summed E-state index contributed by atoms with van der Waals surface area (Å²) in [5.41, 5.74) is 1.07. The summed E-state index contributed by atoms with van der Waals surface area (Å²) in [6, 6.07) is 6.92. The number of hydrogen-bond acceptors (Lipinski definition) is 2. The number of nitrogens with one attached hydrogen (secondary N) is 1. The maximum Gasteiger partial charge on any atom is 0.240 e. The first-order valence-electron chi connectivity index (χ1n) is 8.09. The maximum atomic E-state index is 12.6.